The lowest BCUT2D eigenvalue weighted by Crippen LogP contribution is -2.46. The van der Waals surface area contributed by atoms with Gasteiger partial charge >= 0.3 is 0 Å². The van der Waals surface area contributed by atoms with Crippen molar-refractivity contribution >= 4 is 11.6 Å². The molecule has 29 heavy (non-hydrogen) atoms. The van der Waals surface area contributed by atoms with Crippen molar-refractivity contribution < 1.29 is 9.53 Å². The fourth-order valence-electron chi connectivity index (χ4n) is 3.77. The van der Waals surface area contributed by atoms with Crippen molar-refractivity contribution in [2.75, 3.05) is 31.6 Å². The van der Waals surface area contributed by atoms with Crippen molar-refractivity contribution in [3.8, 4) is 11.4 Å². The molecule has 1 aliphatic heterocycles. The molecule has 0 fully saturated rings. The summed E-state index contributed by atoms with van der Waals surface area (Å²) in [7, 11) is 1.83. The van der Waals surface area contributed by atoms with Crippen LogP contribution in [0.3, 0.4) is 0 Å². The Bertz CT molecular complexity index is 996. The summed E-state index contributed by atoms with van der Waals surface area (Å²) < 4.78 is 8.01. The number of nitrogens with zero attached hydrogens (tertiary/aromatic N) is 4. The van der Waals surface area contributed by atoms with Gasteiger partial charge in [-0.1, -0.05) is 12.1 Å². The SMILES string of the molecule is CCN1C[C@H](CN(C)C(=O)c2ccc(-n3nccc3C)cc2)Oc2ccccc21. The quantitative estimate of drug-likeness (QED) is 0.669. The third-order valence-electron chi connectivity index (χ3n) is 5.32. The van der Waals surface area contributed by atoms with Gasteiger partial charge in [-0.2, -0.15) is 5.10 Å². The number of anilines is 1. The van der Waals surface area contributed by atoms with E-state index < -0.39 is 0 Å². The van der Waals surface area contributed by atoms with Crippen LogP contribution in [-0.4, -0.2) is 53.4 Å². The Labute approximate surface area is 171 Å². The first-order valence-corrected chi connectivity index (χ1v) is 9.94. The molecule has 0 aliphatic carbocycles. The smallest absolute Gasteiger partial charge is 0.253 e. The minimum absolute atomic E-state index is 0.0146. The van der Waals surface area contributed by atoms with E-state index >= 15 is 0 Å². The molecule has 0 spiro atoms. The van der Waals surface area contributed by atoms with Crippen molar-refractivity contribution in [3.05, 3.63) is 72.1 Å². The minimum Gasteiger partial charge on any atom is -0.485 e. The molecule has 1 atom stereocenters. The van der Waals surface area contributed by atoms with Gasteiger partial charge < -0.3 is 14.5 Å². The summed E-state index contributed by atoms with van der Waals surface area (Å²) in [5.74, 6) is 0.865. The number of carbonyl (C=O) groups is 1. The van der Waals surface area contributed by atoms with Crippen LogP contribution in [-0.2, 0) is 0 Å². The van der Waals surface area contributed by atoms with E-state index in [1.807, 2.05) is 67.2 Å². The van der Waals surface area contributed by atoms with E-state index in [0.29, 0.717) is 12.1 Å². The van der Waals surface area contributed by atoms with Gasteiger partial charge in [0.1, 0.15) is 11.9 Å². The van der Waals surface area contributed by atoms with Crippen molar-refractivity contribution in [1.29, 1.82) is 0 Å². The summed E-state index contributed by atoms with van der Waals surface area (Å²) in [6.45, 7) is 6.34. The normalized spacial score (nSPS) is 15.6. The Balaban J connectivity index is 1.44. The van der Waals surface area contributed by atoms with E-state index in [1.54, 1.807) is 11.1 Å². The van der Waals surface area contributed by atoms with Crippen LogP contribution in [0.5, 0.6) is 5.75 Å². The standard InChI is InChI=1S/C23H26N4O2/c1-4-26-16-20(29-22-8-6-5-7-21(22)26)15-25(3)23(28)18-9-11-19(12-10-18)27-17(2)13-14-24-27/h5-14,20H,4,15-16H2,1-3H3/t20-/m0/s1. The molecular weight excluding hydrogens is 364 g/mol. The molecule has 4 rings (SSSR count). The summed E-state index contributed by atoms with van der Waals surface area (Å²) in [6.07, 6.45) is 1.70. The second kappa shape index (κ2) is 7.99. The van der Waals surface area contributed by atoms with Crippen LogP contribution >= 0.6 is 0 Å². The van der Waals surface area contributed by atoms with Crippen LogP contribution in [0.25, 0.3) is 5.69 Å². The number of hydrogen-bond donors (Lipinski definition) is 0. The molecule has 1 aliphatic rings. The lowest BCUT2D eigenvalue weighted by Gasteiger charge is -2.37. The van der Waals surface area contributed by atoms with E-state index in [-0.39, 0.29) is 12.0 Å². The van der Waals surface area contributed by atoms with Gasteiger partial charge in [0, 0.05) is 31.0 Å². The zero-order valence-corrected chi connectivity index (χ0v) is 17.1. The van der Waals surface area contributed by atoms with Crippen molar-refractivity contribution in [2.24, 2.45) is 0 Å². The molecule has 6 heteroatoms. The molecule has 2 aromatic carbocycles. The first-order chi connectivity index (χ1) is 14.1. The van der Waals surface area contributed by atoms with E-state index in [2.05, 4.69) is 23.0 Å². The number of fused-ring (bicyclic) bond motifs is 1. The second-order valence-corrected chi connectivity index (χ2v) is 7.36. The summed E-state index contributed by atoms with van der Waals surface area (Å²) in [5.41, 5.74) is 3.77. The largest absolute Gasteiger partial charge is 0.485 e. The molecule has 0 N–H and O–H groups in total. The minimum atomic E-state index is -0.0650. The zero-order valence-electron chi connectivity index (χ0n) is 17.1. The number of aromatic nitrogens is 2. The monoisotopic (exact) mass is 390 g/mol. The third-order valence-corrected chi connectivity index (χ3v) is 5.32. The van der Waals surface area contributed by atoms with Gasteiger partial charge in [0.05, 0.1) is 24.5 Å². The molecule has 1 amide bonds. The molecule has 6 nitrogen and oxygen atoms in total. The predicted octanol–water partition coefficient (Wildman–Crippen LogP) is 3.54. The summed E-state index contributed by atoms with van der Waals surface area (Å²) in [4.78, 5) is 16.9. The van der Waals surface area contributed by atoms with E-state index in [0.717, 1.165) is 35.9 Å². The molecular formula is C23H26N4O2. The van der Waals surface area contributed by atoms with Gasteiger partial charge in [-0.25, -0.2) is 4.68 Å². The highest BCUT2D eigenvalue weighted by molar-refractivity contribution is 5.94. The van der Waals surface area contributed by atoms with Crippen LogP contribution in [0.15, 0.2) is 60.8 Å². The van der Waals surface area contributed by atoms with Crippen molar-refractivity contribution in [1.82, 2.24) is 14.7 Å². The molecule has 0 saturated heterocycles. The lowest BCUT2D eigenvalue weighted by atomic mass is 10.1. The van der Waals surface area contributed by atoms with Crippen molar-refractivity contribution in [2.45, 2.75) is 20.0 Å². The highest BCUT2D eigenvalue weighted by Crippen LogP contribution is 2.32. The van der Waals surface area contributed by atoms with Gasteiger partial charge in [0.25, 0.3) is 5.91 Å². The Morgan fingerprint density at radius 2 is 1.93 bits per heavy atom. The molecule has 150 valence electrons. The van der Waals surface area contributed by atoms with Crippen molar-refractivity contribution in [3.63, 3.8) is 0 Å². The number of para-hydroxylation sites is 2. The first-order valence-electron chi connectivity index (χ1n) is 9.94. The second-order valence-electron chi connectivity index (χ2n) is 7.36. The number of likely N-dealkylation sites (N-methyl/N-ethyl adjacent to an activating group) is 2. The predicted molar refractivity (Wildman–Crippen MR) is 114 cm³/mol. The molecule has 0 unspecified atom stereocenters. The molecule has 2 heterocycles. The van der Waals surface area contributed by atoms with Gasteiger partial charge in [0.2, 0.25) is 0 Å². The van der Waals surface area contributed by atoms with Gasteiger partial charge in [-0.05, 0) is 56.3 Å². The van der Waals surface area contributed by atoms with Crippen LogP contribution in [0.4, 0.5) is 5.69 Å². The molecule has 0 saturated carbocycles. The first kappa shape index (κ1) is 19.1. The number of benzene rings is 2. The Kier molecular flexibility index (Phi) is 5.25. The average Bonchev–Trinajstić information content (AvgIpc) is 3.18. The highest BCUT2D eigenvalue weighted by atomic mass is 16.5. The van der Waals surface area contributed by atoms with Crippen LogP contribution in [0.2, 0.25) is 0 Å². The van der Waals surface area contributed by atoms with Gasteiger partial charge in [0.15, 0.2) is 0 Å². The van der Waals surface area contributed by atoms with E-state index in [9.17, 15) is 4.79 Å². The molecule has 3 aromatic rings. The molecule has 0 bridgehead atoms. The fraction of sp³-hybridized carbons (Fsp3) is 0.304. The fourth-order valence-corrected chi connectivity index (χ4v) is 3.77. The maximum atomic E-state index is 12.9. The van der Waals surface area contributed by atoms with Gasteiger partial charge in [-0.3, -0.25) is 4.79 Å². The summed E-state index contributed by atoms with van der Waals surface area (Å²) in [6, 6.07) is 17.6. The lowest BCUT2D eigenvalue weighted by molar-refractivity contribution is 0.0709. The van der Waals surface area contributed by atoms with E-state index in [4.69, 9.17) is 4.74 Å². The number of carbonyl (C=O) groups excluding carboxylic acids is 1. The number of hydrogen-bond acceptors (Lipinski definition) is 4. The Morgan fingerprint density at radius 1 is 1.17 bits per heavy atom. The van der Waals surface area contributed by atoms with E-state index in [1.165, 1.54) is 0 Å². The third kappa shape index (κ3) is 3.83. The molecule has 1 aromatic heterocycles. The summed E-state index contributed by atoms with van der Waals surface area (Å²) in [5, 5.41) is 4.31. The van der Waals surface area contributed by atoms with Gasteiger partial charge in [-0.15, -0.1) is 0 Å². The van der Waals surface area contributed by atoms with Crippen LogP contribution < -0.4 is 9.64 Å². The number of aryl methyl sites for hydroxylation is 1. The Hall–Kier alpha value is -3.28. The maximum absolute atomic E-state index is 12.9. The zero-order chi connectivity index (χ0) is 20.4. The average molecular weight is 390 g/mol. The summed E-state index contributed by atoms with van der Waals surface area (Å²) >= 11 is 0. The van der Waals surface area contributed by atoms with Crippen LogP contribution in [0, 0.1) is 6.92 Å². The number of ether oxygens (including phenoxy) is 1. The molecule has 0 radical (unpaired) electrons. The topological polar surface area (TPSA) is 50.6 Å². The Morgan fingerprint density at radius 3 is 2.62 bits per heavy atom. The maximum Gasteiger partial charge on any atom is 0.253 e. The van der Waals surface area contributed by atoms with Crippen LogP contribution in [0.1, 0.15) is 23.0 Å². The number of rotatable bonds is 5. The highest BCUT2D eigenvalue weighted by Gasteiger charge is 2.27. The number of amides is 1.